The third-order valence-electron chi connectivity index (χ3n) is 2.07. The second-order valence-electron chi connectivity index (χ2n) is 3.47. The molecule has 2 heterocycles. The zero-order valence-electron chi connectivity index (χ0n) is 8.91. The smallest absolute Gasteiger partial charge is 0.117 e. The van der Waals surface area contributed by atoms with Gasteiger partial charge in [-0.2, -0.15) is 0 Å². The lowest BCUT2D eigenvalue weighted by molar-refractivity contribution is 0.461. The predicted octanol–water partition coefficient (Wildman–Crippen LogP) is 2.64. The lowest BCUT2D eigenvalue weighted by Crippen LogP contribution is -2.12. The summed E-state index contributed by atoms with van der Waals surface area (Å²) in [6.45, 7) is 5.52. The van der Waals surface area contributed by atoms with Crippen LogP contribution in [0.3, 0.4) is 0 Å². The predicted molar refractivity (Wildman–Crippen MR) is 60.8 cm³/mol. The van der Waals surface area contributed by atoms with Crippen LogP contribution in [0.25, 0.3) is 0 Å². The number of thiazole rings is 1. The van der Waals surface area contributed by atoms with Gasteiger partial charge in [-0.1, -0.05) is 0 Å². The van der Waals surface area contributed by atoms with Gasteiger partial charge in [0.2, 0.25) is 0 Å². The Hall–Kier alpha value is -1.13. The molecule has 0 amide bonds. The molecule has 15 heavy (non-hydrogen) atoms. The van der Waals surface area contributed by atoms with Gasteiger partial charge >= 0.3 is 0 Å². The molecule has 1 N–H and O–H groups in total. The fourth-order valence-electron chi connectivity index (χ4n) is 1.38. The average molecular weight is 222 g/mol. The van der Waals surface area contributed by atoms with Crippen molar-refractivity contribution in [2.24, 2.45) is 0 Å². The first-order chi connectivity index (χ1) is 7.24. The first-order valence-electron chi connectivity index (χ1n) is 4.91. The molecule has 3 nitrogen and oxygen atoms in total. The maximum absolute atomic E-state index is 5.45. The van der Waals surface area contributed by atoms with E-state index >= 15 is 0 Å². The average Bonchev–Trinajstić information content (AvgIpc) is 2.76. The zero-order valence-corrected chi connectivity index (χ0v) is 9.73. The molecule has 0 atom stereocenters. The van der Waals surface area contributed by atoms with Crippen LogP contribution >= 0.6 is 11.3 Å². The Kier molecular flexibility index (Phi) is 3.18. The molecule has 0 aliphatic rings. The highest BCUT2D eigenvalue weighted by molar-refractivity contribution is 7.09. The van der Waals surface area contributed by atoms with Crippen LogP contribution in [0.2, 0.25) is 0 Å². The lowest BCUT2D eigenvalue weighted by atomic mass is 10.4. The minimum Gasteiger partial charge on any atom is -0.465 e. The van der Waals surface area contributed by atoms with Gasteiger partial charge in [0.25, 0.3) is 0 Å². The van der Waals surface area contributed by atoms with Gasteiger partial charge in [0.05, 0.1) is 17.2 Å². The number of furan rings is 1. The van der Waals surface area contributed by atoms with Crippen LogP contribution in [0.15, 0.2) is 21.9 Å². The minimum absolute atomic E-state index is 0.754. The van der Waals surface area contributed by atoms with Crippen molar-refractivity contribution >= 4 is 11.3 Å². The van der Waals surface area contributed by atoms with Crippen molar-refractivity contribution in [3.63, 3.8) is 0 Å². The van der Waals surface area contributed by atoms with Crippen LogP contribution in [0.1, 0.15) is 22.2 Å². The van der Waals surface area contributed by atoms with Crippen molar-refractivity contribution in [1.82, 2.24) is 10.3 Å². The summed E-state index contributed by atoms with van der Waals surface area (Å²) in [6.07, 6.45) is 0. The Morgan fingerprint density at radius 2 is 2.20 bits per heavy atom. The third-order valence-corrected chi connectivity index (χ3v) is 2.89. The Bertz CT molecular complexity index is 393. The number of aromatic nitrogens is 1. The molecule has 0 bridgehead atoms. The van der Waals surface area contributed by atoms with Crippen LogP contribution in [-0.2, 0) is 13.1 Å². The van der Waals surface area contributed by atoms with Gasteiger partial charge in [-0.15, -0.1) is 11.3 Å². The SMILES string of the molecule is Cc1ccc(CNCc2csc(C)n2)o1. The van der Waals surface area contributed by atoms with Crippen molar-refractivity contribution in [2.75, 3.05) is 0 Å². The number of rotatable bonds is 4. The Morgan fingerprint density at radius 3 is 2.80 bits per heavy atom. The highest BCUT2D eigenvalue weighted by atomic mass is 32.1. The molecule has 0 spiro atoms. The van der Waals surface area contributed by atoms with E-state index in [4.69, 9.17) is 4.42 Å². The summed E-state index contributed by atoms with van der Waals surface area (Å²) >= 11 is 1.68. The Morgan fingerprint density at radius 1 is 1.33 bits per heavy atom. The first-order valence-corrected chi connectivity index (χ1v) is 5.79. The second-order valence-corrected chi connectivity index (χ2v) is 4.54. The lowest BCUT2D eigenvalue weighted by Gasteiger charge is -1.99. The molecular formula is C11H14N2OS. The van der Waals surface area contributed by atoms with E-state index in [1.54, 1.807) is 11.3 Å². The fourth-order valence-corrected chi connectivity index (χ4v) is 2.00. The standard InChI is InChI=1S/C11H14N2OS/c1-8-3-4-11(14-8)6-12-5-10-7-15-9(2)13-10/h3-4,7,12H,5-6H2,1-2H3. The highest BCUT2D eigenvalue weighted by Crippen LogP contribution is 2.08. The van der Waals surface area contributed by atoms with E-state index in [0.717, 1.165) is 35.3 Å². The normalized spacial score (nSPS) is 10.8. The van der Waals surface area contributed by atoms with E-state index < -0.39 is 0 Å². The molecule has 4 heteroatoms. The molecule has 2 rings (SSSR count). The summed E-state index contributed by atoms with van der Waals surface area (Å²) in [7, 11) is 0. The van der Waals surface area contributed by atoms with Gasteiger partial charge in [-0.05, 0) is 26.0 Å². The molecule has 0 saturated carbocycles. The molecule has 0 aromatic carbocycles. The van der Waals surface area contributed by atoms with E-state index in [0.29, 0.717) is 0 Å². The number of hydrogen-bond acceptors (Lipinski definition) is 4. The second kappa shape index (κ2) is 4.59. The van der Waals surface area contributed by atoms with E-state index in [-0.39, 0.29) is 0 Å². The van der Waals surface area contributed by atoms with Crippen LogP contribution in [0.5, 0.6) is 0 Å². The van der Waals surface area contributed by atoms with Crippen molar-refractivity contribution in [1.29, 1.82) is 0 Å². The van der Waals surface area contributed by atoms with E-state index in [9.17, 15) is 0 Å². The minimum atomic E-state index is 0.754. The quantitative estimate of drug-likeness (QED) is 0.864. The van der Waals surface area contributed by atoms with Gasteiger partial charge in [0.15, 0.2) is 0 Å². The molecule has 0 radical (unpaired) electrons. The van der Waals surface area contributed by atoms with Crippen LogP contribution in [0, 0.1) is 13.8 Å². The van der Waals surface area contributed by atoms with E-state index in [1.165, 1.54) is 0 Å². The van der Waals surface area contributed by atoms with Gasteiger partial charge in [-0.25, -0.2) is 4.98 Å². The molecule has 80 valence electrons. The Labute approximate surface area is 93.2 Å². The summed E-state index contributed by atoms with van der Waals surface area (Å²) < 4.78 is 5.45. The molecule has 0 fully saturated rings. The third kappa shape index (κ3) is 2.91. The van der Waals surface area contributed by atoms with Gasteiger partial charge in [0.1, 0.15) is 11.5 Å². The van der Waals surface area contributed by atoms with Crippen molar-refractivity contribution in [3.8, 4) is 0 Å². The highest BCUT2D eigenvalue weighted by Gasteiger charge is 2.00. The fraction of sp³-hybridized carbons (Fsp3) is 0.364. The van der Waals surface area contributed by atoms with Crippen LogP contribution in [0.4, 0.5) is 0 Å². The van der Waals surface area contributed by atoms with Crippen molar-refractivity contribution in [3.05, 3.63) is 39.7 Å². The van der Waals surface area contributed by atoms with Gasteiger partial charge < -0.3 is 9.73 Å². The van der Waals surface area contributed by atoms with E-state index in [2.05, 4.69) is 15.7 Å². The van der Waals surface area contributed by atoms with Crippen LogP contribution < -0.4 is 5.32 Å². The van der Waals surface area contributed by atoms with Crippen molar-refractivity contribution in [2.45, 2.75) is 26.9 Å². The number of nitrogens with zero attached hydrogens (tertiary/aromatic N) is 1. The molecule has 0 saturated heterocycles. The van der Waals surface area contributed by atoms with Gasteiger partial charge in [-0.3, -0.25) is 0 Å². The summed E-state index contributed by atoms with van der Waals surface area (Å²) in [5.74, 6) is 1.93. The number of nitrogens with one attached hydrogen (secondary N) is 1. The molecule has 2 aromatic rings. The first kappa shape index (κ1) is 10.4. The summed E-state index contributed by atoms with van der Waals surface area (Å²) in [5, 5.41) is 6.49. The summed E-state index contributed by atoms with van der Waals surface area (Å²) in [4.78, 5) is 4.37. The van der Waals surface area contributed by atoms with Crippen molar-refractivity contribution < 1.29 is 4.42 Å². The monoisotopic (exact) mass is 222 g/mol. The molecule has 0 aliphatic carbocycles. The van der Waals surface area contributed by atoms with Gasteiger partial charge in [0, 0.05) is 11.9 Å². The summed E-state index contributed by atoms with van der Waals surface area (Å²) in [5.41, 5.74) is 1.10. The maximum atomic E-state index is 5.45. The Balaban J connectivity index is 1.80. The largest absolute Gasteiger partial charge is 0.465 e. The zero-order chi connectivity index (χ0) is 10.7. The molecular weight excluding hydrogens is 208 g/mol. The topological polar surface area (TPSA) is 38.1 Å². The molecule has 0 aliphatic heterocycles. The molecule has 0 unspecified atom stereocenters. The maximum Gasteiger partial charge on any atom is 0.117 e. The summed E-state index contributed by atoms with van der Waals surface area (Å²) in [6, 6.07) is 3.97. The van der Waals surface area contributed by atoms with E-state index in [1.807, 2.05) is 26.0 Å². The van der Waals surface area contributed by atoms with Crippen LogP contribution in [-0.4, -0.2) is 4.98 Å². The number of aryl methyl sites for hydroxylation is 2. The number of hydrogen-bond donors (Lipinski definition) is 1. The molecule has 2 aromatic heterocycles.